The Morgan fingerprint density at radius 1 is 0.640 bits per heavy atom. The summed E-state index contributed by atoms with van der Waals surface area (Å²) >= 11 is 1.89. The predicted molar refractivity (Wildman–Crippen MR) is 213 cm³/mol. The van der Waals surface area contributed by atoms with Gasteiger partial charge < -0.3 is 9.88 Å². The molecule has 0 spiro atoms. The van der Waals surface area contributed by atoms with E-state index in [0.717, 1.165) is 23.5 Å². The highest BCUT2D eigenvalue weighted by atomic mass is 32.1. The number of para-hydroxylation sites is 1. The Morgan fingerprint density at radius 2 is 1.38 bits per heavy atom. The molecule has 2 aliphatic rings. The van der Waals surface area contributed by atoms with Gasteiger partial charge in [0, 0.05) is 54.1 Å². The number of aliphatic imine (C=N–C) groups is 1. The summed E-state index contributed by atoms with van der Waals surface area (Å²) in [6, 6.07) is 52.6. The molecule has 0 saturated carbocycles. The van der Waals surface area contributed by atoms with Gasteiger partial charge >= 0.3 is 0 Å². The molecular formula is C46H33N3S. The van der Waals surface area contributed by atoms with Gasteiger partial charge in [0.25, 0.3) is 0 Å². The Bertz CT molecular complexity index is 2710. The smallest absolute Gasteiger partial charge is 0.129 e. The molecule has 0 fully saturated rings. The van der Waals surface area contributed by atoms with Gasteiger partial charge in [-0.15, -0.1) is 11.3 Å². The van der Waals surface area contributed by atoms with Crippen molar-refractivity contribution < 1.29 is 0 Å². The van der Waals surface area contributed by atoms with E-state index in [9.17, 15) is 0 Å². The van der Waals surface area contributed by atoms with Gasteiger partial charge in [0.05, 0.1) is 12.1 Å². The molecule has 0 radical (unpaired) electrons. The van der Waals surface area contributed by atoms with E-state index >= 15 is 0 Å². The fraction of sp³-hybridized carbons (Fsp3) is 0.0652. The lowest BCUT2D eigenvalue weighted by molar-refractivity contribution is 0.637. The summed E-state index contributed by atoms with van der Waals surface area (Å²) in [5.74, 6) is 0.939. The number of thiophene rings is 1. The molecule has 2 unspecified atom stereocenters. The van der Waals surface area contributed by atoms with Crippen LogP contribution in [0.15, 0.2) is 180 Å². The zero-order chi connectivity index (χ0) is 33.0. The van der Waals surface area contributed by atoms with E-state index in [0.29, 0.717) is 0 Å². The summed E-state index contributed by atoms with van der Waals surface area (Å²) in [6.45, 7) is 0. The zero-order valence-electron chi connectivity index (χ0n) is 27.3. The van der Waals surface area contributed by atoms with Crippen molar-refractivity contribution in [1.29, 1.82) is 0 Å². The molecule has 3 heterocycles. The quantitative estimate of drug-likeness (QED) is 0.196. The summed E-state index contributed by atoms with van der Waals surface area (Å²) < 4.78 is 5.21. The maximum Gasteiger partial charge on any atom is 0.129 e. The average molecular weight is 660 g/mol. The van der Waals surface area contributed by atoms with Crippen molar-refractivity contribution in [3.63, 3.8) is 0 Å². The van der Waals surface area contributed by atoms with E-state index in [4.69, 9.17) is 4.99 Å². The van der Waals surface area contributed by atoms with E-state index in [1.165, 1.54) is 64.2 Å². The molecule has 2 aromatic heterocycles. The van der Waals surface area contributed by atoms with Crippen LogP contribution in [-0.4, -0.2) is 10.4 Å². The van der Waals surface area contributed by atoms with Crippen molar-refractivity contribution in [2.24, 2.45) is 4.99 Å². The van der Waals surface area contributed by atoms with Crippen molar-refractivity contribution in [3.8, 4) is 11.1 Å². The summed E-state index contributed by atoms with van der Waals surface area (Å²) in [6.07, 6.45) is 9.86. The Hall–Kier alpha value is -5.97. The first-order chi connectivity index (χ1) is 24.8. The van der Waals surface area contributed by atoms with Crippen LogP contribution in [0.2, 0.25) is 0 Å². The van der Waals surface area contributed by atoms with Crippen LogP contribution in [0.25, 0.3) is 58.8 Å². The van der Waals surface area contributed by atoms with E-state index in [1.54, 1.807) is 0 Å². The van der Waals surface area contributed by atoms with Gasteiger partial charge in [-0.05, 0) is 58.2 Å². The second-order valence-corrected chi connectivity index (χ2v) is 14.2. The Kier molecular flexibility index (Phi) is 6.88. The lowest BCUT2D eigenvalue weighted by Crippen LogP contribution is -2.30. The van der Waals surface area contributed by atoms with E-state index in [2.05, 4.69) is 180 Å². The normalized spacial score (nSPS) is 17.6. The number of nitrogens with one attached hydrogen (secondary N) is 1. The standard InChI is InChI=1S/C46H33N3S/c1-3-13-30(14-4-1)40-29-41(31-15-5-2-6-16-31)48-46(47-40)33-17-11-18-34(27-33)49-42-23-9-7-19-36(42)39-28-32(25-26-43(39)49)35-21-12-22-38-37-20-8-10-24-44(37)50-45(35)38/h1-26,28-29,34,40H,27H2,(H,47,48). The molecule has 2 atom stereocenters. The zero-order valence-corrected chi connectivity index (χ0v) is 28.1. The van der Waals surface area contributed by atoms with Crippen molar-refractivity contribution >= 4 is 64.8 Å². The maximum absolute atomic E-state index is 5.30. The first kappa shape index (κ1) is 29.0. The highest BCUT2D eigenvalue weighted by molar-refractivity contribution is 7.26. The van der Waals surface area contributed by atoms with Gasteiger partial charge in [0.1, 0.15) is 5.84 Å². The third-order valence-corrected chi connectivity index (χ3v) is 11.4. The molecule has 3 nitrogen and oxygen atoms in total. The predicted octanol–water partition coefficient (Wildman–Crippen LogP) is 12.0. The van der Waals surface area contributed by atoms with Gasteiger partial charge in [-0.1, -0.05) is 140 Å². The topological polar surface area (TPSA) is 29.3 Å². The Labute approximate surface area is 294 Å². The van der Waals surface area contributed by atoms with Crippen LogP contribution in [0.1, 0.15) is 29.6 Å². The largest absolute Gasteiger partial charge is 0.340 e. The van der Waals surface area contributed by atoms with Crippen molar-refractivity contribution in [1.82, 2.24) is 9.88 Å². The number of allylic oxidation sites excluding steroid dienone is 3. The third kappa shape index (κ3) is 4.83. The minimum Gasteiger partial charge on any atom is -0.340 e. The fourth-order valence-electron chi connectivity index (χ4n) is 7.82. The van der Waals surface area contributed by atoms with Gasteiger partial charge in [-0.3, -0.25) is 4.99 Å². The third-order valence-electron chi connectivity index (χ3n) is 10.2. The van der Waals surface area contributed by atoms with Gasteiger partial charge in [0.15, 0.2) is 0 Å². The monoisotopic (exact) mass is 659 g/mol. The first-order valence-electron chi connectivity index (χ1n) is 17.3. The lowest BCUT2D eigenvalue weighted by Gasteiger charge is -2.28. The van der Waals surface area contributed by atoms with Crippen molar-refractivity contribution in [2.45, 2.75) is 18.5 Å². The highest BCUT2D eigenvalue weighted by Crippen LogP contribution is 2.43. The van der Waals surface area contributed by atoms with E-state index < -0.39 is 0 Å². The number of hydrogen-bond acceptors (Lipinski definition) is 3. The van der Waals surface area contributed by atoms with Crippen LogP contribution in [0, 0.1) is 0 Å². The highest BCUT2D eigenvalue weighted by Gasteiger charge is 2.25. The lowest BCUT2D eigenvalue weighted by atomic mass is 9.96. The summed E-state index contributed by atoms with van der Waals surface area (Å²) in [5, 5.41) is 8.96. The second-order valence-electron chi connectivity index (χ2n) is 13.2. The van der Waals surface area contributed by atoms with Crippen molar-refractivity contribution in [3.05, 3.63) is 187 Å². The average Bonchev–Trinajstić information content (AvgIpc) is 3.74. The second kappa shape index (κ2) is 11.9. The molecule has 0 saturated heterocycles. The molecule has 238 valence electrons. The number of aromatic nitrogens is 1. The van der Waals surface area contributed by atoms with Gasteiger partial charge in [-0.25, -0.2) is 0 Å². The van der Waals surface area contributed by atoms with Crippen LogP contribution in [0.4, 0.5) is 0 Å². The number of amidine groups is 1. The molecule has 8 aromatic rings. The molecule has 1 aliphatic carbocycles. The summed E-state index contributed by atoms with van der Waals surface area (Å²) in [7, 11) is 0. The van der Waals surface area contributed by atoms with Gasteiger partial charge in [-0.2, -0.15) is 0 Å². The van der Waals surface area contributed by atoms with E-state index in [1.807, 2.05) is 11.3 Å². The van der Waals surface area contributed by atoms with Crippen LogP contribution < -0.4 is 5.32 Å². The molecule has 0 bridgehead atoms. The first-order valence-corrected chi connectivity index (χ1v) is 18.1. The Morgan fingerprint density at radius 3 is 2.26 bits per heavy atom. The van der Waals surface area contributed by atoms with Crippen molar-refractivity contribution in [2.75, 3.05) is 0 Å². The molecule has 1 N–H and O–H groups in total. The van der Waals surface area contributed by atoms with Crippen LogP contribution in [0.5, 0.6) is 0 Å². The molecule has 1 aliphatic heterocycles. The minimum atomic E-state index is -0.0648. The number of benzene rings is 6. The van der Waals surface area contributed by atoms with Gasteiger partial charge in [0.2, 0.25) is 0 Å². The molecular weight excluding hydrogens is 627 g/mol. The molecule has 6 aromatic carbocycles. The number of fused-ring (bicyclic) bond motifs is 6. The maximum atomic E-state index is 5.30. The van der Waals surface area contributed by atoms with E-state index in [-0.39, 0.29) is 12.1 Å². The number of hydrogen-bond donors (Lipinski definition) is 1. The molecule has 0 amide bonds. The SMILES string of the molecule is C1=CC(n2c3ccccc3c3cc(-c4cccc5c4sc4ccccc45)ccc32)CC(C2=NC(c3ccccc3)C=C(c3ccccc3)N2)=C1. The van der Waals surface area contributed by atoms with Crippen LogP contribution in [0.3, 0.4) is 0 Å². The molecule has 50 heavy (non-hydrogen) atoms. The fourth-order valence-corrected chi connectivity index (χ4v) is 9.06. The molecule has 10 rings (SSSR count). The minimum absolute atomic E-state index is 0.0648. The Balaban J connectivity index is 1.05. The van der Waals surface area contributed by atoms with Crippen LogP contribution in [-0.2, 0) is 0 Å². The number of nitrogens with zero attached hydrogens (tertiary/aromatic N) is 2. The van der Waals surface area contributed by atoms with Crippen LogP contribution >= 0.6 is 11.3 Å². The summed E-state index contributed by atoms with van der Waals surface area (Å²) in [4.78, 5) is 5.30. The number of rotatable bonds is 5. The molecule has 4 heteroatoms. The summed E-state index contributed by atoms with van der Waals surface area (Å²) in [5.41, 5.74) is 9.70.